The lowest BCUT2D eigenvalue weighted by Gasteiger charge is -2.16. The summed E-state index contributed by atoms with van der Waals surface area (Å²) < 4.78 is 30.5. The second kappa shape index (κ2) is 4.10. The highest BCUT2D eigenvalue weighted by molar-refractivity contribution is 7.85. The molecule has 1 amide bonds. The van der Waals surface area contributed by atoms with E-state index in [1.807, 2.05) is 0 Å². The molecule has 1 aliphatic heterocycles. The largest absolute Gasteiger partial charge is 0.326 e. The number of carbonyl (C=O) groups is 1. The van der Waals surface area contributed by atoms with Crippen LogP contribution in [0, 0.1) is 0 Å². The minimum atomic E-state index is -4.20. The summed E-state index contributed by atoms with van der Waals surface area (Å²) in [5.41, 5.74) is 6.23. The molecule has 1 aromatic carbocycles. The van der Waals surface area contributed by atoms with Gasteiger partial charge in [-0.2, -0.15) is 8.42 Å². The van der Waals surface area contributed by atoms with Gasteiger partial charge in [-0.25, -0.2) is 0 Å². The normalized spacial score (nSPS) is 20.9. The predicted molar refractivity (Wildman–Crippen MR) is 61.2 cm³/mol. The van der Waals surface area contributed by atoms with Crippen LogP contribution in [0.4, 0.5) is 5.69 Å². The Bertz CT molecular complexity index is 538. The number of nitrogens with two attached hydrogens (primary N) is 1. The predicted octanol–water partition coefficient (Wildman–Crippen LogP) is -0.00270. The van der Waals surface area contributed by atoms with E-state index in [1.54, 1.807) is 0 Å². The lowest BCUT2D eigenvalue weighted by molar-refractivity contribution is -0.117. The first-order valence-corrected chi connectivity index (χ1v) is 6.45. The number of benzene rings is 1. The average molecular weight is 256 g/mol. The van der Waals surface area contributed by atoms with Gasteiger partial charge in [-0.1, -0.05) is 0 Å². The van der Waals surface area contributed by atoms with E-state index in [2.05, 4.69) is 0 Å². The van der Waals surface area contributed by atoms with Gasteiger partial charge < -0.3 is 10.6 Å². The van der Waals surface area contributed by atoms with Gasteiger partial charge in [0.15, 0.2) is 0 Å². The van der Waals surface area contributed by atoms with Gasteiger partial charge in [0, 0.05) is 24.7 Å². The molecule has 1 atom stereocenters. The monoisotopic (exact) mass is 256 g/mol. The Hall–Kier alpha value is -1.44. The van der Waals surface area contributed by atoms with Crippen LogP contribution in [0.15, 0.2) is 29.2 Å². The van der Waals surface area contributed by atoms with Gasteiger partial charge in [-0.15, -0.1) is 0 Å². The number of nitrogens with zero attached hydrogens (tertiary/aromatic N) is 1. The molecule has 1 saturated heterocycles. The van der Waals surface area contributed by atoms with Crippen molar-refractivity contribution < 1.29 is 17.8 Å². The van der Waals surface area contributed by atoms with E-state index in [-0.39, 0.29) is 16.8 Å². The fourth-order valence-corrected chi connectivity index (χ4v) is 2.26. The quantitative estimate of drug-likeness (QED) is 0.725. The minimum absolute atomic E-state index is 0.0860. The number of carbonyl (C=O) groups excluding carboxylic acids is 1. The smallest absolute Gasteiger partial charge is 0.294 e. The lowest BCUT2D eigenvalue weighted by atomic mass is 10.3. The second-order valence-electron chi connectivity index (χ2n) is 3.94. The zero-order valence-corrected chi connectivity index (χ0v) is 9.72. The molecular weight excluding hydrogens is 244 g/mol. The van der Waals surface area contributed by atoms with E-state index in [0.29, 0.717) is 18.7 Å². The highest BCUT2D eigenvalue weighted by Gasteiger charge is 2.28. The van der Waals surface area contributed by atoms with Gasteiger partial charge in [0.25, 0.3) is 10.1 Å². The summed E-state index contributed by atoms with van der Waals surface area (Å²) in [6, 6.07) is 5.26. The third kappa shape index (κ3) is 2.46. The first-order valence-electron chi connectivity index (χ1n) is 5.01. The van der Waals surface area contributed by atoms with Crippen LogP contribution in [0.1, 0.15) is 6.42 Å². The topological polar surface area (TPSA) is 101 Å². The van der Waals surface area contributed by atoms with Crippen LogP contribution in [0.3, 0.4) is 0 Å². The summed E-state index contributed by atoms with van der Waals surface area (Å²) in [4.78, 5) is 12.8. The van der Waals surface area contributed by atoms with Gasteiger partial charge in [0.2, 0.25) is 5.91 Å². The number of anilines is 1. The third-order valence-electron chi connectivity index (χ3n) is 2.60. The molecule has 17 heavy (non-hydrogen) atoms. The molecule has 1 aromatic rings. The molecule has 0 aromatic heterocycles. The van der Waals surface area contributed by atoms with Crippen LogP contribution in [-0.4, -0.2) is 31.5 Å². The summed E-state index contributed by atoms with van der Waals surface area (Å²) in [6.45, 7) is 0.421. The Morgan fingerprint density at radius 3 is 2.29 bits per heavy atom. The standard InChI is InChI=1S/C10H12N2O4S/c11-7-5-10(13)12(6-7)8-1-3-9(4-2-8)17(14,15)16/h1-4,7H,5-6,11H2,(H,14,15,16). The van der Waals surface area contributed by atoms with Crippen molar-refractivity contribution in [3.8, 4) is 0 Å². The van der Waals surface area contributed by atoms with Crippen molar-refractivity contribution in [1.82, 2.24) is 0 Å². The van der Waals surface area contributed by atoms with Crippen LogP contribution in [0.25, 0.3) is 0 Å². The van der Waals surface area contributed by atoms with Crippen molar-refractivity contribution >= 4 is 21.7 Å². The van der Waals surface area contributed by atoms with Crippen LogP contribution >= 0.6 is 0 Å². The van der Waals surface area contributed by atoms with Crippen molar-refractivity contribution in [2.45, 2.75) is 17.4 Å². The molecular formula is C10H12N2O4S. The van der Waals surface area contributed by atoms with Crippen LogP contribution < -0.4 is 10.6 Å². The van der Waals surface area contributed by atoms with Gasteiger partial charge in [0.05, 0.1) is 4.90 Å². The first kappa shape index (κ1) is 12.0. The zero-order chi connectivity index (χ0) is 12.6. The molecule has 1 heterocycles. The van der Waals surface area contributed by atoms with Gasteiger partial charge in [0.1, 0.15) is 0 Å². The molecule has 0 spiro atoms. The number of hydrogen-bond acceptors (Lipinski definition) is 4. The number of rotatable bonds is 2. The molecule has 1 fully saturated rings. The second-order valence-corrected chi connectivity index (χ2v) is 5.36. The number of hydrogen-bond donors (Lipinski definition) is 2. The van der Waals surface area contributed by atoms with E-state index < -0.39 is 10.1 Å². The molecule has 1 aliphatic rings. The third-order valence-corrected chi connectivity index (χ3v) is 3.47. The van der Waals surface area contributed by atoms with Crippen molar-refractivity contribution in [3.63, 3.8) is 0 Å². The average Bonchev–Trinajstić information content (AvgIpc) is 2.57. The Morgan fingerprint density at radius 2 is 1.88 bits per heavy atom. The van der Waals surface area contributed by atoms with Crippen molar-refractivity contribution in [2.24, 2.45) is 5.73 Å². The van der Waals surface area contributed by atoms with E-state index in [4.69, 9.17) is 10.3 Å². The Labute approximate surface area is 98.8 Å². The Balaban J connectivity index is 2.28. The maximum atomic E-state index is 11.5. The Morgan fingerprint density at radius 1 is 1.29 bits per heavy atom. The van der Waals surface area contributed by atoms with E-state index >= 15 is 0 Å². The van der Waals surface area contributed by atoms with Crippen molar-refractivity contribution in [1.29, 1.82) is 0 Å². The fraction of sp³-hybridized carbons (Fsp3) is 0.300. The van der Waals surface area contributed by atoms with Gasteiger partial charge >= 0.3 is 0 Å². The highest BCUT2D eigenvalue weighted by Crippen LogP contribution is 2.22. The highest BCUT2D eigenvalue weighted by atomic mass is 32.2. The van der Waals surface area contributed by atoms with Crippen LogP contribution in [0.5, 0.6) is 0 Å². The maximum absolute atomic E-state index is 11.5. The number of amides is 1. The fourth-order valence-electron chi connectivity index (χ4n) is 1.78. The zero-order valence-electron chi connectivity index (χ0n) is 8.91. The van der Waals surface area contributed by atoms with Crippen molar-refractivity contribution in [3.05, 3.63) is 24.3 Å². The van der Waals surface area contributed by atoms with Crippen molar-refractivity contribution in [2.75, 3.05) is 11.4 Å². The molecule has 2 rings (SSSR count). The molecule has 1 unspecified atom stereocenters. The molecule has 0 aliphatic carbocycles. The summed E-state index contributed by atoms with van der Waals surface area (Å²) in [5, 5.41) is 0. The molecule has 0 saturated carbocycles. The summed E-state index contributed by atoms with van der Waals surface area (Å²) >= 11 is 0. The summed E-state index contributed by atoms with van der Waals surface area (Å²) in [5.74, 6) is -0.0860. The van der Waals surface area contributed by atoms with Gasteiger partial charge in [-0.05, 0) is 24.3 Å². The molecule has 0 radical (unpaired) electrons. The SMILES string of the molecule is NC1CC(=O)N(c2ccc(S(=O)(=O)O)cc2)C1. The van der Waals surface area contributed by atoms with E-state index in [0.717, 1.165) is 0 Å². The van der Waals surface area contributed by atoms with Gasteiger partial charge in [-0.3, -0.25) is 9.35 Å². The minimum Gasteiger partial charge on any atom is -0.326 e. The molecule has 6 nitrogen and oxygen atoms in total. The van der Waals surface area contributed by atoms with E-state index in [9.17, 15) is 13.2 Å². The van der Waals surface area contributed by atoms with E-state index in [1.165, 1.54) is 29.2 Å². The summed E-state index contributed by atoms with van der Waals surface area (Å²) in [7, 11) is -4.20. The van der Waals surface area contributed by atoms with Crippen LogP contribution in [-0.2, 0) is 14.9 Å². The Kier molecular flexibility index (Phi) is 2.90. The molecule has 92 valence electrons. The molecule has 7 heteroatoms. The molecule has 3 N–H and O–H groups in total. The maximum Gasteiger partial charge on any atom is 0.294 e. The van der Waals surface area contributed by atoms with Crippen LogP contribution in [0.2, 0.25) is 0 Å². The first-order chi connectivity index (χ1) is 7.88. The molecule has 0 bridgehead atoms. The summed E-state index contributed by atoms with van der Waals surface area (Å²) in [6.07, 6.45) is 0.292. The lowest BCUT2D eigenvalue weighted by Crippen LogP contribution is -2.27.